The van der Waals surface area contributed by atoms with E-state index >= 15 is 0 Å². The first kappa shape index (κ1) is 16.6. The number of ether oxygens (including phenoxy) is 1. The second-order valence-electron chi connectivity index (χ2n) is 5.14. The van der Waals surface area contributed by atoms with E-state index in [2.05, 4.69) is 15.9 Å². The van der Waals surface area contributed by atoms with Crippen LogP contribution in [0.1, 0.15) is 29.3 Å². The summed E-state index contributed by atoms with van der Waals surface area (Å²) in [5, 5.41) is 0. The van der Waals surface area contributed by atoms with Gasteiger partial charge in [-0.15, -0.1) is 0 Å². The van der Waals surface area contributed by atoms with E-state index < -0.39 is 0 Å². The monoisotopic (exact) mass is 361 g/mol. The van der Waals surface area contributed by atoms with Crippen LogP contribution in [-0.2, 0) is 6.54 Å². The second kappa shape index (κ2) is 7.99. The highest BCUT2D eigenvalue weighted by atomic mass is 79.9. The molecule has 2 aromatic rings. The second-order valence-corrected chi connectivity index (χ2v) is 6.05. The van der Waals surface area contributed by atoms with Gasteiger partial charge in [0.15, 0.2) is 0 Å². The van der Waals surface area contributed by atoms with Crippen molar-refractivity contribution in [3.63, 3.8) is 0 Å². The smallest absolute Gasteiger partial charge is 0.257 e. The summed E-state index contributed by atoms with van der Waals surface area (Å²) >= 11 is 3.42. The van der Waals surface area contributed by atoms with Gasteiger partial charge in [0.05, 0.1) is 12.2 Å². The summed E-state index contributed by atoms with van der Waals surface area (Å²) in [6, 6.07) is 15.5. The van der Waals surface area contributed by atoms with Crippen molar-refractivity contribution in [2.24, 2.45) is 0 Å². The molecule has 0 saturated carbocycles. The third-order valence-electron chi connectivity index (χ3n) is 3.24. The van der Waals surface area contributed by atoms with Crippen molar-refractivity contribution in [2.45, 2.75) is 19.9 Å². The molecule has 0 aliphatic heterocycles. The predicted molar refractivity (Wildman–Crippen MR) is 92.2 cm³/mol. The first-order valence-corrected chi connectivity index (χ1v) is 8.13. The number of benzene rings is 2. The number of carbonyl (C=O) groups is 1. The molecule has 0 atom stereocenters. The zero-order valence-corrected chi connectivity index (χ0v) is 14.5. The van der Waals surface area contributed by atoms with Crippen LogP contribution in [0.5, 0.6) is 5.75 Å². The average molecular weight is 362 g/mol. The minimum absolute atomic E-state index is 0.0451. The van der Waals surface area contributed by atoms with Crippen LogP contribution < -0.4 is 4.74 Å². The van der Waals surface area contributed by atoms with E-state index in [0.717, 1.165) is 16.5 Å². The molecule has 3 nitrogen and oxygen atoms in total. The highest BCUT2D eigenvalue weighted by Crippen LogP contribution is 2.25. The topological polar surface area (TPSA) is 29.5 Å². The fraction of sp³-hybridized carbons (Fsp3) is 0.278. The van der Waals surface area contributed by atoms with Crippen molar-refractivity contribution in [3.05, 3.63) is 64.1 Å². The fourth-order valence-electron chi connectivity index (χ4n) is 2.14. The summed E-state index contributed by atoms with van der Waals surface area (Å²) in [6.07, 6.45) is 0.906. The standard InChI is InChI=1S/C18H20BrNO2/c1-3-11-22-17-10-9-15(19)12-16(17)18(21)20(2)13-14-7-5-4-6-8-14/h4-10,12H,3,11,13H2,1-2H3. The number of halogens is 1. The van der Waals surface area contributed by atoms with E-state index in [1.807, 2.05) is 55.5 Å². The van der Waals surface area contributed by atoms with Crippen molar-refractivity contribution in [2.75, 3.05) is 13.7 Å². The molecule has 0 radical (unpaired) electrons. The first-order valence-electron chi connectivity index (χ1n) is 7.33. The number of nitrogens with zero attached hydrogens (tertiary/aromatic N) is 1. The molecule has 4 heteroatoms. The molecule has 0 aromatic heterocycles. The quantitative estimate of drug-likeness (QED) is 0.757. The van der Waals surface area contributed by atoms with Gasteiger partial charge in [-0.2, -0.15) is 0 Å². The van der Waals surface area contributed by atoms with Crippen molar-refractivity contribution < 1.29 is 9.53 Å². The lowest BCUT2D eigenvalue weighted by Crippen LogP contribution is -2.26. The van der Waals surface area contributed by atoms with Gasteiger partial charge in [0.1, 0.15) is 5.75 Å². The van der Waals surface area contributed by atoms with Crippen molar-refractivity contribution in [1.82, 2.24) is 4.90 Å². The fourth-order valence-corrected chi connectivity index (χ4v) is 2.50. The van der Waals surface area contributed by atoms with Gasteiger partial charge in [-0.05, 0) is 30.2 Å². The molecule has 0 fully saturated rings. The SMILES string of the molecule is CCCOc1ccc(Br)cc1C(=O)N(C)Cc1ccccc1. The molecule has 0 N–H and O–H groups in total. The molecule has 0 saturated heterocycles. The Kier molecular flexibility index (Phi) is 6.01. The molecule has 116 valence electrons. The van der Waals surface area contributed by atoms with E-state index in [1.165, 1.54) is 0 Å². The van der Waals surface area contributed by atoms with Crippen LogP contribution in [0.15, 0.2) is 53.0 Å². The van der Waals surface area contributed by atoms with E-state index in [0.29, 0.717) is 24.5 Å². The van der Waals surface area contributed by atoms with Crippen molar-refractivity contribution in [1.29, 1.82) is 0 Å². The Morgan fingerprint density at radius 3 is 2.59 bits per heavy atom. The third-order valence-corrected chi connectivity index (χ3v) is 3.74. The number of carbonyl (C=O) groups excluding carboxylic acids is 1. The molecule has 0 bridgehead atoms. The van der Waals surface area contributed by atoms with Crippen molar-refractivity contribution >= 4 is 21.8 Å². The lowest BCUT2D eigenvalue weighted by Gasteiger charge is -2.19. The maximum Gasteiger partial charge on any atom is 0.257 e. The average Bonchev–Trinajstić information content (AvgIpc) is 2.54. The van der Waals surface area contributed by atoms with Crippen LogP contribution in [0.3, 0.4) is 0 Å². The molecule has 0 aliphatic rings. The number of hydrogen-bond donors (Lipinski definition) is 0. The normalized spacial score (nSPS) is 10.3. The van der Waals surface area contributed by atoms with Gasteiger partial charge in [0.2, 0.25) is 0 Å². The molecule has 1 amide bonds. The van der Waals surface area contributed by atoms with Gasteiger partial charge >= 0.3 is 0 Å². The molecule has 0 aliphatic carbocycles. The number of amides is 1. The van der Waals surface area contributed by atoms with Crippen molar-refractivity contribution in [3.8, 4) is 5.75 Å². The van der Waals surface area contributed by atoms with Crippen LogP contribution >= 0.6 is 15.9 Å². The maximum atomic E-state index is 12.7. The maximum absolute atomic E-state index is 12.7. The lowest BCUT2D eigenvalue weighted by molar-refractivity contribution is 0.0780. The summed E-state index contributed by atoms with van der Waals surface area (Å²) in [5.74, 6) is 0.589. The molecular formula is C18H20BrNO2. The molecule has 0 heterocycles. The third kappa shape index (κ3) is 4.34. The summed E-state index contributed by atoms with van der Waals surface area (Å²) in [7, 11) is 1.81. The number of rotatable bonds is 6. The Bertz CT molecular complexity index is 628. The molecule has 0 unspecified atom stereocenters. The zero-order valence-electron chi connectivity index (χ0n) is 12.9. The van der Waals surface area contributed by atoms with Crippen LogP contribution in [0.2, 0.25) is 0 Å². The zero-order chi connectivity index (χ0) is 15.9. The minimum atomic E-state index is -0.0451. The molecular weight excluding hydrogens is 342 g/mol. The van der Waals surface area contributed by atoms with Crippen LogP contribution in [-0.4, -0.2) is 24.5 Å². The number of hydrogen-bond acceptors (Lipinski definition) is 2. The summed E-state index contributed by atoms with van der Waals surface area (Å²) < 4.78 is 6.56. The summed E-state index contributed by atoms with van der Waals surface area (Å²) in [5.41, 5.74) is 1.69. The Balaban J connectivity index is 2.18. The largest absolute Gasteiger partial charge is 0.493 e. The van der Waals surface area contributed by atoms with Crippen LogP contribution in [0.25, 0.3) is 0 Å². The Morgan fingerprint density at radius 1 is 1.18 bits per heavy atom. The predicted octanol–water partition coefficient (Wildman–Crippen LogP) is 4.51. The van der Waals surface area contributed by atoms with E-state index in [9.17, 15) is 4.79 Å². The van der Waals surface area contributed by atoms with Gasteiger partial charge in [-0.25, -0.2) is 0 Å². The highest BCUT2D eigenvalue weighted by molar-refractivity contribution is 9.10. The van der Waals surface area contributed by atoms with E-state index in [-0.39, 0.29) is 5.91 Å². The summed E-state index contributed by atoms with van der Waals surface area (Å²) in [4.78, 5) is 14.4. The van der Waals surface area contributed by atoms with Gasteiger partial charge in [-0.1, -0.05) is 53.2 Å². The Hall–Kier alpha value is -1.81. The first-order chi connectivity index (χ1) is 10.6. The van der Waals surface area contributed by atoms with Gasteiger partial charge < -0.3 is 9.64 Å². The molecule has 0 spiro atoms. The summed E-state index contributed by atoms with van der Waals surface area (Å²) in [6.45, 7) is 3.21. The van der Waals surface area contributed by atoms with E-state index in [4.69, 9.17) is 4.74 Å². The van der Waals surface area contributed by atoms with Gasteiger partial charge in [0.25, 0.3) is 5.91 Å². The van der Waals surface area contributed by atoms with Gasteiger partial charge in [-0.3, -0.25) is 4.79 Å². The van der Waals surface area contributed by atoms with Crippen LogP contribution in [0, 0.1) is 0 Å². The molecule has 22 heavy (non-hydrogen) atoms. The van der Waals surface area contributed by atoms with Gasteiger partial charge in [0, 0.05) is 18.1 Å². The lowest BCUT2D eigenvalue weighted by atomic mass is 10.1. The Labute approximate surface area is 140 Å². The highest BCUT2D eigenvalue weighted by Gasteiger charge is 2.17. The van der Waals surface area contributed by atoms with Crippen LogP contribution in [0.4, 0.5) is 0 Å². The molecule has 2 aromatic carbocycles. The Morgan fingerprint density at radius 2 is 1.91 bits per heavy atom. The van der Waals surface area contributed by atoms with E-state index in [1.54, 1.807) is 11.9 Å². The molecule has 2 rings (SSSR count). The minimum Gasteiger partial charge on any atom is -0.493 e.